The lowest BCUT2D eigenvalue weighted by molar-refractivity contribution is -0.161. The molecule has 0 spiro atoms. The summed E-state index contributed by atoms with van der Waals surface area (Å²) in [6.45, 7) is 1.19. The Bertz CT molecular complexity index is 1720. The molecular formula is C50H78O15P2. The van der Waals surface area contributed by atoms with Gasteiger partial charge < -0.3 is 39.5 Å². The third kappa shape index (κ3) is 47.1. The SMILES string of the molecule is CC/C=C\C/C=C\C/C=C\C/C=C\C/C=C\CCCCCC(=O)O[C@H](COC(=O)CC/C=C\C/C=C\C[C@H](O)/C=C/C=C\C=C\[C@H](O)C/C=C\CC)COP(=O)(O)OC[C@@H](O)COP(=O)(O)O. The molecular weight excluding hydrogens is 902 g/mol. The van der Waals surface area contributed by atoms with E-state index in [0.717, 1.165) is 57.8 Å². The zero-order valence-corrected chi connectivity index (χ0v) is 41.2. The molecule has 0 rings (SSSR count). The van der Waals surface area contributed by atoms with Crippen molar-refractivity contribution >= 4 is 27.6 Å². The summed E-state index contributed by atoms with van der Waals surface area (Å²) in [4.78, 5) is 52.8. The van der Waals surface area contributed by atoms with E-state index in [0.29, 0.717) is 32.1 Å². The maximum Gasteiger partial charge on any atom is 0.472 e. The number of aliphatic hydroxyl groups excluding tert-OH is 3. The van der Waals surface area contributed by atoms with E-state index < -0.39 is 78.4 Å². The standard InChI is InChI=1S/C50H78O15P2/c1-3-5-7-8-9-10-11-12-13-14-15-16-17-18-19-20-21-26-34-40-50(55)65-48(44-64-67(59,60)63-42-47(53)41-62-66(56,57)58)43-61-49(54)39-33-25-23-22-24-30-36-46(52)38-32-28-27-31-37-45(51)35-29-6-4-2/h5-7,9-10,12-13,15-16,18-19,23-25,27-32,37-38,45-48,51-53H,3-4,8,11,14,17,20-22,26,33-36,39-44H2,1-2H3,(H,59,60)(H2,56,57,58)/b7-5-,10-9-,13-12-,16-15-,19-18-,25-23-,28-27-,29-6-,30-24-,37-31+,38-32+/t45-,46+,47+,48-/m1/s1. The quantitative estimate of drug-likeness (QED) is 0.0110. The minimum atomic E-state index is -4.90. The van der Waals surface area contributed by atoms with Gasteiger partial charge in [0.15, 0.2) is 6.10 Å². The van der Waals surface area contributed by atoms with E-state index in [9.17, 15) is 38.9 Å². The second-order valence-electron chi connectivity index (χ2n) is 15.0. The fraction of sp³-hybridized carbons (Fsp3) is 0.520. The van der Waals surface area contributed by atoms with Gasteiger partial charge in [0.05, 0.1) is 32.0 Å². The fourth-order valence-electron chi connectivity index (χ4n) is 5.22. The maximum absolute atomic E-state index is 12.7. The highest BCUT2D eigenvalue weighted by Crippen LogP contribution is 2.43. The van der Waals surface area contributed by atoms with Crippen LogP contribution in [0, 0.1) is 0 Å². The summed E-state index contributed by atoms with van der Waals surface area (Å²) in [7, 11) is -9.77. The van der Waals surface area contributed by atoms with Crippen molar-refractivity contribution in [1.82, 2.24) is 0 Å². The Kier molecular flexibility index (Phi) is 41.0. The van der Waals surface area contributed by atoms with E-state index >= 15 is 0 Å². The Hall–Kier alpha value is -3.82. The molecule has 67 heavy (non-hydrogen) atoms. The minimum Gasteiger partial charge on any atom is -0.462 e. The lowest BCUT2D eigenvalue weighted by atomic mass is 10.1. The van der Waals surface area contributed by atoms with Crippen LogP contribution in [0.1, 0.15) is 117 Å². The summed E-state index contributed by atoms with van der Waals surface area (Å²) < 4.78 is 47.7. The lowest BCUT2D eigenvalue weighted by Crippen LogP contribution is -2.29. The topological polar surface area (TPSA) is 236 Å². The molecule has 0 aliphatic rings. The van der Waals surface area contributed by atoms with Crippen molar-refractivity contribution in [3.05, 3.63) is 134 Å². The first-order chi connectivity index (χ1) is 32.2. The minimum absolute atomic E-state index is 0.00309. The smallest absolute Gasteiger partial charge is 0.462 e. The van der Waals surface area contributed by atoms with Gasteiger partial charge in [-0.3, -0.25) is 23.2 Å². The average molecular weight is 981 g/mol. The number of esters is 2. The second-order valence-corrected chi connectivity index (χ2v) is 17.7. The first-order valence-electron chi connectivity index (χ1n) is 23.1. The molecule has 6 N–H and O–H groups in total. The third-order valence-electron chi connectivity index (χ3n) is 8.70. The number of hydrogen-bond acceptors (Lipinski definition) is 12. The van der Waals surface area contributed by atoms with Crippen molar-refractivity contribution in [3.63, 3.8) is 0 Å². The largest absolute Gasteiger partial charge is 0.472 e. The van der Waals surface area contributed by atoms with E-state index in [2.05, 4.69) is 76.7 Å². The molecule has 0 aromatic carbocycles. The molecule has 0 aliphatic heterocycles. The predicted molar refractivity (Wildman–Crippen MR) is 264 cm³/mol. The Morgan fingerprint density at radius 2 is 0.955 bits per heavy atom. The molecule has 0 aliphatic carbocycles. The number of unbranched alkanes of at least 4 members (excludes halogenated alkanes) is 3. The van der Waals surface area contributed by atoms with Crippen LogP contribution in [0.5, 0.6) is 0 Å². The highest BCUT2D eigenvalue weighted by atomic mass is 31.2. The first-order valence-corrected chi connectivity index (χ1v) is 26.1. The molecule has 0 bridgehead atoms. The van der Waals surface area contributed by atoms with Crippen LogP contribution in [0.25, 0.3) is 0 Å². The van der Waals surface area contributed by atoms with Gasteiger partial charge in [-0.1, -0.05) is 154 Å². The van der Waals surface area contributed by atoms with Crippen LogP contribution in [0.2, 0.25) is 0 Å². The first kappa shape index (κ1) is 63.2. The number of phosphoric ester groups is 2. The summed E-state index contributed by atoms with van der Waals surface area (Å²) in [6, 6.07) is 0. The van der Waals surface area contributed by atoms with E-state index in [1.807, 2.05) is 37.3 Å². The summed E-state index contributed by atoms with van der Waals surface area (Å²) in [5, 5.41) is 29.7. The van der Waals surface area contributed by atoms with Crippen LogP contribution in [0.15, 0.2) is 134 Å². The lowest BCUT2D eigenvalue weighted by Gasteiger charge is -2.20. The third-order valence-corrected chi connectivity index (χ3v) is 10.1. The van der Waals surface area contributed by atoms with Gasteiger partial charge >= 0.3 is 27.6 Å². The molecule has 0 radical (unpaired) electrons. The number of phosphoric acid groups is 2. The Morgan fingerprint density at radius 1 is 0.493 bits per heavy atom. The van der Waals surface area contributed by atoms with Crippen molar-refractivity contribution in [1.29, 1.82) is 0 Å². The molecule has 378 valence electrons. The summed E-state index contributed by atoms with van der Waals surface area (Å²) in [6.07, 6.45) is 49.4. The van der Waals surface area contributed by atoms with Crippen LogP contribution in [-0.2, 0) is 41.8 Å². The fourth-order valence-corrected chi connectivity index (χ4v) is 6.38. The van der Waals surface area contributed by atoms with Crippen LogP contribution in [-0.4, -0.2) is 92.8 Å². The van der Waals surface area contributed by atoms with Crippen molar-refractivity contribution in [2.75, 3.05) is 26.4 Å². The molecule has 0 saturated heterocycles. The van der Waals surface area contributed by atoms with Crippen LogP contribution in [0.4, 0.5) is 0 Å². The number of rotatable bonds is 41. The van der Waals surface area contributed by atoms with E-state index in [1.54, 1.807) is 42.5 Å². The normalized spacial score (nSPS) is 16.0. The Labute approximate surface area is 399 Å². The van der Waals surface area contributed by atoms with E-state index in [-0.39, 0.29) is 12.8 Å². The number of aliphatic hydroxyl groups is 3. The molecule has 5 atom stereocenters. The van der Waals surface area contributed by atoms with Crippen molar-refractivity contribution in [3.8, 4) is 0 Å². The van der Waals surface area contributed by atoms with Crippen LogP contribution < -0.4 is 0 Å². The predicted octanol–water partition coefficient (Wildman–Crippen LogP) is 10.2. The molecule has 0 heterocycles. The van der Waals surface area contributed by atoms with Gasteiger partial charge in [-0.25, -0.2) is 9.13 Å². The monoisotopic (exact) mass is 980 g/mol. The highest BCUT2D eigenvalue weighted by molar-refractivity contribution is 7.47. The van der Waals surface area contributed by atoms with Crippen LogP contribution >= 0.6 is 15.6 Å². The molecule has 0 aromatic rings. The summed E-state index contributed by atoms with van der Waals surface area (Å²) in [5.74, 6) is -1.25. The molecule has 0 saturated carbocycles. The van der Waals surface area contributed by atoms with Gasteiger partial charge in [-0.15, -0.1) is 0 Å². The Morgan fingerprint density at radius 3 is 1.51 bits per heavy atom. The number of hydrogen-bond donors (Lipinski definition) is 6. The van der Waals surface area contributed by atoms with Crippen molar-refractivity contribution in [2.24, 2.45) is 0 Å². The highest BCUT2D eigenvalue weighted by Gasteiger charge is 2.28. The van der Waals surface area contributed by atoms with E-state index in [4.69, 9.17) is 23.8 Å². The molecule has 0 amide bonds. The van der Waals surface area contributed by atoms with Gasteiger partial charge in [-0.05, 0) is 83.5 Å². The number of allylic oxidation sites excluding steroid dienone is 18. The molecule has 17 heteroatoms. The molecule has 0 fully saturated rings. The number of carbonyl (C=O) groups excluding carboxylic acids is 2. The van der Waals surface area contributed by atoms with Gasteiger partial charge in [0.1, 0.15) is 12.7 Å². The second kappa shape index (κ2) is 43.5. The van der Waals surface area contributed by atoms with Gasteiger partial charge in [-0.2, -0.15) is 0 Å². The zero-order valence-electron chi connectivity index (χ0n) is 39.4. The number of carbonyl (C=O) groups is 2. The maximum atomic E-state index is 12.7. The summed E-state index contributed by atoms with van der Waals surface area (Å²) >= 11 is 0. The van der Waals surface area contributed by atoms with Crippen molar-refractivity contribution in [2.45, 2.75) is 141 Å². The van der Waals surface area contributed by atoms with Gasteiger partial charge in [0.25, 0.3) is 0 Å². The Balaban J connectivity index is 4.79. The van der Waals surface area contributed by atoms with Gasteiger partial charge in [0.2, 0.25) is 0 Å². The van der Waals surface area contributed by atoms with E-state index in [1.165, 1.54) is 0 Å². The zero-order chi connectivity index (χ0) is 49.7. The van der Waals surface area contributed by atoms with Crippen LogP contribution in [0.3, 0.4) is 0 Å². The van der Waals surface area contributed by atoms with Gasteiger partial charge in [0, 0.05) is 12.8 Å². The van der Waals surface area contributed by atoms with Crippen molar-refractivity contribution < 1.29 is 71.8 Å². The average Bonchev–Trinajstić information content (AvgIpc) is 3.28. The summed E-state index contributed by atoms with van der Waals surface area (Å²) in [5.41, 5.74) is 0. The molecule has 15 nitrogen and oxygen atoms in total. The molecule has 0 aromatic heterocycles. The molecule has 1 unspecified atom stereocenters. The number of ether oxygens (including phenoxy) is 2.